The maximum absolute atomic E-state index is 11.3. The second-order valence-electron chi connectivity index (χ2n) is 4.83. The molecule has 1 rings (SSSR count). The molecule has 80 valence electrons. The highest BCUT2D eigenvalue weighted by molar-refractivity contribution is 5.83. The van der Waals surface area contributed by atoms with E-state index in [0.29, 0.717) is 12.8 Å². The van der Waals surface area contributed by atoms with E-state index < -0.39 is 28.6 Å². The topological polar surface area (TPSA) is 83.2 Å². The van der Waals surface area contributed by atoms with Crippen LogP contribution in [0.15, 0.2) is 0 Å². The number of carbonyl (C=O) groups excluding carboxylic acids is 2. The molecule has 0 bridgehead atoms. The molecule has 1 aliphatic carbocycles. The lowest BCUT2D eigenvalue weighted by Crippen LogP contribution is -2.48. The van der Waals surface area contributed by atoms with Crippen LogP contribution in [0.2, 0.25) is 0 Å². The predicted molar refractivity (Wildman–Crippen MR) is 48.8 cm³/mol. The number of nitrogens with two attached hydrogens (primary N) is 1. The Labute approximate surface area is 83.5 Å². The van der Waals surface area contributed by atoms with Crippen LogP contribution >= 0.6 is 0 Å². The van der Waals surface area contributed by atoms with E-state index in [1.54, 1.807) is 20.8 Å². The third-order valence-electron chi connectivity index (χ3n) is 4.05. The molecule has 1 aliphatic rings. The van der Waals surface area contributed by atoms with Crippen molar-refractivity contribution in [1.82, 2.24) is 0 Å². The Balaban J connectivity index is 3.08. The zero-order valence-corrected chi connectivity index (χ0v) is 8.79. The monoisotopic (exact) mass is 198 g/mol. The molecular weight excluding hydrogens is 182 g/mol. The second-order valence-corrected chi connectivity index (χ2v) is 4.83. The highest BCUT2D eigenvalue weighted by Crippen LogP contribution is 2.55. The van der Waals surface area contributed by atoms with Gasteiger partial charge in [0.1, 0.15) is 0 Å². The van der Waals surface area contributed by atoms with Gasteiger partial charge in [-0.05, 0) is 18.3 Å². The number of carboxylic acids is 1. The fraction of sp³-hybridized carbons (Fsp3) is 0.800. The van der Waals surface area contributed by atoms with Crippen LogP contribution in [0.5, 0.6) is 0 Å². The smallest absolute Gasteiger partial charge is 0.223 e. The largest absolute Gasteiger partial charge is 0.550 e. The Morgan fingerprint density at radius 2 is 1.86 bits per heavy atom. The fourth-order valence-corrected chi connectivity index (χ4v) is 2.35. The van der Waals surface area contributed by atoms with Crippen LogP contribution in [-0.4, -0.2) is 11.9 Å². The average molecular weight is 198 g/mol. The quantitative estimate of drug-likeness (QED) is 0.659. The molecule has 0 spiro atoms. The highest BCUT2D eigenvalue weighted by Gasteiger charge is 2.55. The molecule has 0 aromatic rings. The Kier molecular flexibility index (Phi) is 2.34. The molecule has 2 atom stereocenters. The molecule has 4 heteroatoms. The van der Waals surface area contributed by atoms with Crippen molar-refractivity contribution in [2.75, 3.05) is 0 Å². The second kappa shape index (κ2) is 2.97. The Morgan fingerprint density at radius 1 is 1.36 bits per heavy atom. The predicted octanol–water partition coefficient (Wildman–Crippen LogP) is -0.336. The maximum Gasteiger partial charge on any atom is 0.223 e. The number of carbonyl (C=O) groups is 2. The molecule has 0 heterocycles. The van der Waals surface area contributed by atoms with Gasteiger partial charge in [0.2, 0.25) is 5.91 Å². The Bertz CT molecular complexity index is 285. The Morgan fingerprint density at radius 3 is 2.07 bits per heavy atom. The van der Waals surface area contributed by atoms with Gasteiger partial charge < -0.3 is 15.6 Å². The minimum atomic E-state index is -1.08. The maximum atomic E-state index is 11.3. The van der Waals surface area contributed by atoms with Crippen LogP contribution in [0.25, 0.3) is 0 Å². The van der Waals surface area contributed by atoms with Gasteiger partial charge in [-0.1, -0.05) is 20.8 Å². The third kappa shape index (κ3) is 1.21. The van der Waals surface area contributed by atoms with Gasteiger partial charge in [-0.3, -0.25) is 4.79 Å². The molecule has 0 aromatic heterocycles. The molecule has 1 fully saturated rings. The van der Waals surface area contributed by atoms with Crippen LogP contribution in [0.3, 0.4) is 0 Å². The first-order valence-corrected chi connectivity index (χ1v) is 4.74. The minimum Gasteiger partial charge on any atom is -0.550 e. The standard InChI is InChI=1S/C10H17NO3/c1-9(2)6(7(12)13)4-5-10(9,3)8(11)14/h6H,4-5H2,1-3H3,(H2,11,14)(H,12,13)/p-1/t6-,10+/m1/s1. The van der Waals surface area contributed by atoms with Gasteiger partial charge in [-0.25, -0.2) is 0 Å². The van der Waals surface area contributed by atoms with E-state index in [4.69, 9.17) is 5.73 Å². The number of aliphatic carboxylic acids is 1. The average Bonchev–Trinajstić information content (AvgIpc) is 2.24. The summed E-state index contributed by atoms with van der Waals surface area (Å²) in [5, 5.41) is 10.9. The molecule has 0 aromatic carbocycles. The number of hydrogen-bond donors (Lipinski definition) is 1. The van der Waals surface area contributed by atoms with E-state index in [0.717, 1.165) is 0 Å². The molecular formula is C10H16NO3-. The van der Waals surface area contributed by atoms with Gasteiger partial charge in [-0.15, -0.1) is 0 Å². The van der Waals surface area contributed by atoms with Crippen LogP contribution in [0.1, 0.15) is 33.6 Å². The number of rotatable bonds is 2. The summed E-state index contributed by atoms with van der Waals surface area (Å²) in [6.07, 6.45) is 0.989. The Hall–Kier alpha value is -1.06. The summed E-state index contributed by atoms with van der Waals surface area (Å²) in [6, 6.07) is 0. The van der Waals surface area contributed by atoms with E-state index >= 15 is 0 Å². The van der Waals surface area contributed by atoms with Gasteiger partial charge in [0.05, 0.1) is 5.41 Å². The minimum absolute atomic E-state index is 0.425. The molecule has 0 unspecified atom stereocenters. The lowest BCUT2D eigenvalue weighted by atomic mass is 9.65. The summed E-state index contributed by atoms with van der Waals surface area (Å²) in [7, 11) is 0. The van der Waals surface area contributed by atoms with Crippen molar-refractivity contribution in [3.8, 4) is 0 Å². The van der Waals surface area contributed by atoms with E-state index in [1.807, 2.05) is 0 Å². The number of primary amides is 1. The normalized spacial score (nSPS) is 35.5. The molecule has 0 aliphatic heterocycles. The lowest BCUT2D eigenvalue weighted by Gasteiger charge is -2.39. The van der Waals surface area contributed by atoms with Crippen molar-refractivity contribution in [3.63, 3.8) is 0 Å². The van der Waals surface area contributed by atoms with Crippen LogP contribution < -0.4 is 10.8 Å². The molecule has 1 saturated carbocycles. The van der Waals surface area contributed by atoms with Gasteiger partial charge >= 0.3 is 0 Å². The van der Waals surface area contributed by atoms with E-state index in [-0.39, 0.29) is 0 Å². The van der Waals surface area contributed by atoms with Crippen molar-refractivity contribution in [1.29, 1.82) is 0 Å². The highest BCUT2D eigenvalue weighted by atomic mass is 16.4. The van der Waals surface area contributed by atoms with Crippen LogP contribution in [-0.2, 0) is 9.59 Å². The van der Waals surface area contributed by atoms with Crippen molar-refractivity contribution < 1.29 is 14.7 Å². The molecule has 4 nitrogen and oxygen atoms in total. The lowest BCUT2D eigenvalue weighted by molar-refractivity contribution is -0.314. The van der Waals surface area contributed by atoms with Crippen molar-refractivity contribution in [2.45, 2.75) is 33.6 Å². The summed E-state index contributed by atoms with van der Waals surface area (Å²) in [4.78, 5) is 22.2. The number of hydrogen-bond acceptors (Lipinski definition) is 3. The van der Waals surface area contributed by atoms with Crippen LogP contribution in [0.4, 0.5) is 0 Å². The zero-order valence-electron chi connectivity index (χ0n) is 8.79. The van der Waals surface area contributed by atoms with Gasteiger partial charge in [-0.2, -0.15) is 0 Å². The zero-order chi connectivity index (χ0) is 11.1. The first-order chi connectivity index (χ1) is 6.23. The fourth-order valence-electron chi connectivity index (χ4n) is 2.35. The molecule has 14 heavy (non-hydrogen) atoms. The van der Waals surface area contributed by atoms with Gasteiger partial charge in [0.25, 0.3) is 0 Å². The molecule has 2 N–H and O–H groups in total. The molecule has 1 amide bonds. The first-order valence-electron chi connectivity index (χ1n) is 4.74. The first kappa shape index (κ1) is 11.0. The van der Waals surface area contributed by atoms with E-state index in [2.05, 4.69) is 0 Å². The summed E-state index contributed by atoms with van der Waals surface area (Å²) in [6.45, 7) is 5.27. The molecule has 0 saturated heterocycles. The van der Waals surface area contributed by atoms with Gasteiger partial charge in [0, 0.05) is 11.9 Å². The van der Waals surface area contributed by atoms with E-state index in [1.165, 1.54) is 0 Å². The summed E-state index contributed by atoms with van der Waals surface area (Å²) >= 11 is 0. The summed E-state index contributed by atoms with van der Waals surface area (Å²) in [5.41, 5.74) is 3.95. The summed E-state index contributed by atoms with van der Waals surface area (Å²) < 4.78 is 0. The van der Waals surface area contributed by atoms with Crippen molar-refractivity contribution in [3.05, 3.63) is 0 Å². The third-order valence-corrected chi connectivity index (χ3v) is 4.05. The van der Waals surface area contributed by atoms with Crippen molar-refractivity contribution >= 4 is 11.9 Å². The number of carboxylic acid groups (broad SMARTS) is 1. The van der Waals surface area contributed by atoms with Crippen molar-refractivity contribution in [2.24, 2.45) is 22.5 Å². The summed E-state index contributed by atoms with van der Waals surface area (Å²) in [5.74, 6) is -2.09. The van der Waals surface area contributed by atoms with Crippen LogP contribution in [0, 0.1) is 16.7 Å². The van der Waals surface area contributed by atoms with E-state index in [9.17, 15) is 14.7 Å². The SMILES string of the molecule is CC1(C)[C@@H](C(=O)[O-])CC[C@@]1(C)C(N)=O. The number of amides is 1. The molecule has 0 radical (unpaired) electrons. The van der Waals surface area contributed by atoms with Gasteiger partial charge in [0.15, 0.2) is 0 Å².